The first-order chi connectivity index (χ1) is 11.5. The van der Waals surface area contributed by atoms with E-state index in [1.807, 2.05) is 7.05 Å². The van der Waals surface area contributed by atoms with Crippen molar-refractivity contribution < 1.29 is 17.9 Å². The molecule has 134 valence electrons. The van der Waals surface area contributed by atoms with Gasteiger partial charge in [0.25, 0.3) is 5.91 Å². The summed E-state index contributed by atoms with van der Waals surface area (Å²) in [5, 5.41) is 5.80. The Balaban J connectivity index is 1.88. The standard InChI is InChI=1S/C16H25N3O4S/c1-17-9-3-10-18-16(20)13-5-7-15(8-6-13)24(21,22)19-12-14-4-2-11-23-14/h5-8,14,17,19H,2-4,9-12H2,1H3,(H,18,20). The molecule has 24 heavy (non-hydrogen) atoms. The van der Waals surface area contributed by atoms with Gasteiger partial charge in [0.1, 0.15) is 0 Å². The number of hydrogen-bond donors (Lipinski definition) is 3. The molecule has 3 N–H and O–H groups in total. The molecule has 0 aliphatic carbocycles. The predicted molar refractivity (Wildman–Crippen MR) is 91.5 cm³/mol. The first-order valence-electron chi connectivity index (χ1n) is 8.17. The highest BCUT2D eigenvalue weighted by Gasteiger charge is 2.20. The Labute approximate surface area is 143 Å². The first kappa shape index (κ1) is 18.9. The Morgan fingerprint density at radius 2 is 2.00 bits per heavy atom. The van der Waals surface area contributed by atoms with Crippen molar-refractivity contribution in [1.82, 2.24) is 15.4 Å². The number of hydrogen-bond acceptors (Lipinski definition) is 5. The fraction of sp³-hybridized carbons (Fsp3) is 0.562. The Morgan fingerprint density at radius 1 is 1.25 bits per heavy atom. The Bertz CT molecular complexity index is 625. The smallest absolute Gasteiger partial charge is 0.251 e. The van der Waals surface area contributed by atoms with Gasteiger partial charge in [0.2, 0.25) is 10.0 Å². The van der Waals surface area contributed by atoms with Gasteiger partial charge in [-0.1, -0.05) is 0 Å². The summed E-state index contributed by atoms with van der Waals surface area (Å²) in [5.41, 5.74) is 0.442. The minimum atomic E-state index is -3.58. The monoisotopic (exact) mass is 355 g/mol. The fourth-order valence-corrected chi connectivity index (χ4v) is 3.51. The number of nitrogens with one attached hydrogen (secondary N) is 3. The molecule has 1 aliphatic rings. The maximum atomic E-state index is 12.2. The van der Waals surface area contributed by atoms with Crippen molar-refractivity contribution in [2.45, 2.75) is 30.3 Å². The van der Waals surface area contributed by atoms with Crippen LogP contribution in [0.1, 0.15) is 29.6 Å². The van der Waals surface area contributed by atoms with Gasteiger partial charge < -0.3 is 15.4 Å². The van der Waals surface area contributed by atoms with Crippen LogP contribution in [0.4, 0.5) is 0 Å². The van der Waals surface area contributed by atoms with Crippen LogP contribution >= 0.6 is 0 Å². The lowest BCUT2D eigenvalue weighted by atomic mass is 10.2. The molecule has 0 saturated carbocycles. The lowest BCUT2D eigenvalue weighted by Crippen LogP contribution is -2.32. The van der Waals surface area contributed by atoms with Gasteiger partial charge in [0.15, 0.2) is 0 Å². The molecule has 0 spiro atoms. The topological polar surface area (TPSA) is 96.5 Å². The summed E-state index contributed by atoms with van der Waals surface area (Å²) >= 11 is 0. The Morgan fingerprint density at radius 3 is 2.62 bits per heavy atom. The minimum Gasteiger partial charge on any atom is -0.377 e. The molecule has 8 heteroatoms. The summed E-state index contributed by atoms with van der Waals surface area (Å²) in [6, 6.07) is 5.93. The lowest BCUT2D eigenvalue weighted by molar-refractivity contribution is 0.0953. The summed E-state index contributed by atoms with van der Waals surface area (Å²) in [5.74, 6) is -0.206. The average molecular weight is 355 g/mol. The number of carbonyl (C=O) groups excluding carboxylic acids is 1. The third-order valence-electron chi connectivity index (χ3n) is 3.84. The van der Waals surface area contributed by atoms with Gasteiger partial charge in [0, 0.05) is 25.3 Å². The second-order valence-corrected chi connectivity index (χ2v) is 7.49. The van der Waals surface area contributed by atoms with E-state index in [0.717, 1.165) is 25.8 Å². The van der Waals surface area contributed by atoms with Gasteiger partial charge in [-0.15, -0.1) is 0 Å². The maximum absolute atomic E-state index is 12.2. The van der Waals surface area contributed by atoms with Crippen molar-refractivity contribution in [2.24, 2.45) is 0 Å². The van der Waals surface area contributed by atoms with Crippen LogP contribution in [0, 0.1) is 0 Å². The zero-order valence-corrected chi connectivity index (χ0v) is 14.7. The number of carbonyl (C=O) groups is 1. The maximum Gasteiger partial charge on any atom is 0.251 e. The third kappa shape index (κ3) is 5.55. The quantitative estimate of drug-likeness (QED) is 0.560. The van der Waals surface area contributed by atoms with Crippen molar-refractivity contribution in [3.05, 3.63) is 29.8 Å². The number of sulfonamides is 1. The summed E-state index contributed by atoms with van der Waals surface area (Å²) in [6.45, 7) is 2.36. The molecule has 0 radical (unpaired) electrons. The van der Waals surface area contributed by atoms with E-state index in [2.05, 4.69) is 15.4 Å². The molecule has 7 nitrogen and oxygen atoms in total. The van der Waals surface area contributed by atoms with Crippen LogP contribution in [-0.4, -0.2) is 53.7 Å². The fourth-order valence-electron chi connectivity index (χ4n) is 2.45. The molecule has 1 heterocycles. The molecular formula is C16H25N3O4S. The van der Waals surface area contributed by atoms with Crippen LogP contribution in [0.2, 0.25) is 0 Å². The van der Waals surface area contributed by atoms with E-state index in [0.29, 0.717) is 18.7 Å². The third-order valence-corrected chi connectivity index (χ3v) is 5.28. The van der Waals surface area contributed by atoms with Gasteiger partial charge in [-0.2, -0.15) is 0 Å². The van der Waals surface area contributed by atoms with Crippen molar-refractivity contribution in [3.8, 4) is 0 Å². The normalized spacial score (nSPS) is 17.8. The average Bonchev–Trinajstić information content (AvgIpc) is 3.10. The van der Waals surface area contributed by atoms with E-state index < -0.39 is 10.0 Å². The molecule has 1 amide bonds. The summed E-state index contributed by atoms with van der Waals surface area (Å²) < 4.78 is 32.4. The number of rotatable bonds is 9. The van der Waals surface area contributed by atoms with Gasteiger partial charge in [-0.25, -0.2) is 13.1 Å². The van der Waals surface area contributed by atoms with E-state index in [-0.39, 0.29) is 23.5 Å². The molecule has 1 aromatic carbocycles. The van der Waals surface area contributed by atoms with Crippen molar-refractivity contribution >= 4 is 15.9 Å². The second kappa shape index (κ2) is 9.12. The van der Waals surface area contributed by atoms with E-state index in [1.54, 1.807) is 0 Å². The number of ether oxygens (including phenoxy) is 1. The van der Waals surface area contributed by atoms with Gasteiger partial charge in [-0.05, 0) is 57.1 Å². The number of benzene rings is 1. The zero-order valence-electron chi connectivity index (χ0n) is 13.9. The van der Waals surface area contributed by atoms with Crippen LogP contribution in [-0.2, 0) is 14.8 Å². The van der Waals surface area contributed by atoms with Crippen LogP contribution < -0.4 is 15.4 Å². The molecular weight excluding hydrogens is 330 g/mol. The van der Waals surface area contributed by atoms with E-state index >= 15 is 0 Å². The molecule has 1 aliphatic heterocycles. The van der Waals surface area contributed by atoms with Crippen LogP contribution in [0.5, 0.6) is 0 Å². The van der Waals surface area contributed by atoms with E-state index in [4.69, 9.17) is 4.74 Å². The van der Waals surface area contributed by atoms with Crippen molar-refractivity contribution in [1.29, 1.82) is 0 Å². The molecule has 0 aromatic heterocycles. The Hall–Kier alpha value is -1.48. The van der Waals surface area contributed by atoms with Crippen LogP contribution in [0.15, 0.2) is 29.2 Å². The molecule has 0 bridgehead atoms. The highest BCUT2D eigenvalue weighted by atomic mass is 32.2. The molecule has 1 aromatic rings. The first-order valence-corrected chi connectivity index (χ1v) is 9.65. The van der Waals surface area contributed by atoms with Crippen LogP contribution in [0.3, 0.4) is 0 Å². The van der Waals surface area contributed by atoms with Gasteiger partial charge in [-0.3, -0.25) is 4.79 Å². The minimum absolute atomic E-state index is 0.0533. The summed E-state index contributed by atoms with van der Waals surface area (Å²) in [6.07, 6.45) is 2.61. The Kier molecular flexibility index (Phi) is 7.16. The molecule has 1 fully saturated rings. The molecule has 1 unspecified atom stereocenters. The molecule has 1 atom stereocenters. The number of amides is 1. The van der Waals surface area contributed by atoms with Gasteiger partial charge in [0.05, 0.1) is 11.0 Å². The SMILES string of the molecule is CNCCCNC(=O)c1ccc(S(=O)(=O)NCC2CCCO2)cc1. The van der Waals surface area contributed by atoms with E-state index in [1.165, 1.54) is 24.3 Å². The van der Waals surface area contributed by atoms with Crippen molar-refractivity contribution in [3.63, 3.8) is 0 Å². The highest BCUT2D eigenvalue weighted by Crippen LogP contribution is 2.14. The summed E-state index contributed by atoms with van der Waals surface area (Å²) in [4.78, 5) is 12.1. The highest BCUT2D eigenvalue weighted by molar-refractivity contribution is 7.89. The summed E-state index contributed by atoms with van der Waals surface area (Å²) in [7, 11) is -1.73. The zero-order chi connectivity index (χ0) is 17.4. The predicted octanol–water partition coefficient (Wildman–Crippen LogP) is 0.483. The molecule has 1 saturated heterocycles. The second-order valence-electron chi connectivity index (χ2n) is 5.72. The van der Waals surface area contributed by atoms with Gasteiger partial charge >= 0.3 is 0 Å². The largest absolute Gasteiger partial charge is 0.377 e. The lowest BCUT2D eigenvalue weighted by Gasteiger charge is -2.11. The van der Waals surface area contributed by atoms with E-state index in [9.17, 15) is 13.2 Å². The molecule has 2 rings (SSSR count). The van der Waals surface area contributed by atoms with Crippen LogP contribution in [0.25, 0.3) is 0 Å². The van der Waals surface area contributed by atoms with Crippen molar-refractivity contribution in [2.75, 3.05) is 33.3 Å².